The fraction of sp³-hybridized carbons (Fsp3) is 0. The molecule has 1 amide bonds. The average Bonchev–Trinajstić information content (AvgIpc) is 3.05. The van der Waals surface area contributed by atoms with Crippen molar-refractivity contribution in [2.45, 2.75) is 4.90 Å². The number of sulfonamides is 1. The van der Waals surface area contributed by atoms with Crippen LogP contribution in [0.25, 0.3) is 11.3 Å². The van der Waals surface area contributed by atoms with E-state index in [1.54, 1.807) is 36.4 Å². The van der Waals surface area contributed by atoms with Crippen molar-refractivity contribution in [2.24, 2.45) is 5.14 Å². The Bertz CT molecular complexity index is 1030. The molecule has 1 aromatic heterocycles. The predicted molar refractivity (Wildman–Crippen MR) is 94.9 cm³/mol. The molecule has 0 radical (unpaired) electrons. The van der Waals surface area contributed by atoms with E-state index in [0.29, 0.717) is 16.5 Å². The lowest BCUT2D eigenvalue weighted by Crippen LogP contribution is -2.14. The Kier molecular flexibility index (Phi) is 4.63. The van der Waals surface area contributed by atoms with Crippen molar-refractivity contribution < 1.29 is 17.6 Å². The number of furan rings is 1. The molecule has 0 aliphatic rings. The van der Waals surface area contributed by atoms with E-state index in [4.69, 9.17) is 21.2 Å². The maximum atomic E-state index is 12.3. The molecule has 1 heterocycles. The molecule has 25 heavy (non-hydrogen) atoms. The standard InChI is InChI=1S/C17H13ClN2O4S/c18-12-6-4-11(5-7-12)15-8-9-16(24-15)17(21)20-13-2-1-3-14(10-13)25(19,22)23/h1-10H,(H,20,21)(H2,19,22,23). The molecule has 2 aromatic carbocycles. The predicted octanol–water partition coefficient (Wildman–Crippen LogP) is 3.50. The fourth-order valence-corrected chi connectivity index (χ4v) is 2.86. The number of carbonyl (C=O) groups excluding carboxylic acids is 1. The van der Waals surface area contributed by atoms with Crippen LogP contribution in [0.15, 0.2) is 70.0 Å². The molecular formula is C17H13ClN2O4S. The number of hydrogen-bond acceptors (Lipinski definition) is 4. The highest BCUT2D eigenvalue weighted by Gasteiger charge is 2.14. The summed E-state index contributed by atoms with van der Waals surface area (Å²) >= 11 is 5.84. The molecule has 0 saturated heterocycles. The lowest BCUT2D eigenvalue weighted by atomic mass is 10.2. The van der Waals surface area contributed by atoms with Crippen molar-refractivity contribution in [3.8, 4) is 11.3 Å². The first-order valence-electron chi connectivity index (χ1n) is 7.13. The Morgan fingerprint density at radius 3 is 2.44 bits per heavy atom. The third kappa shape index (κ3) is 4.08. The summed E-state index contributed by atoms with van der Waals surface area (Å²) in [4.78, 5) is 12.2. The van der Waals surface area contributed by atoms with Crippen molar-refractivity contribution in [2.75, 3.05) is 5.32 Å². The minimum absolute atomic E-state index is 0.0889. The molecule has 0 aliphatic heterocycles. The summed E-state index contributed by atoms with van der Waals surface area (Å²) in [5, 5.41) is 8.25. The molecule has 0 unspecified atom stereocenters. The van der Waals surface area contributed by atoms with E-state index in [1.165, 1.54) is 24.3 Å². The van der Waals surface area contributed by atoms with Gasteiger partial charge in [0.15, 0.2) is 5.76 Å². The number of benzene rings is 2. The largest absolute Gasteiger partial charge is 0.451 e. The normalized spacial score (nSPS) is 11.3. The number of nitrogens with one attached hydrogen (secondary N) is 1. The average molecular weight is 377 g/mol. The zero-order valence-corrected chi connectivity index (χ0v) is 14.3. The van der Waals surface area contributed by atoms with Crippen molar-refractivity contribution in [3.05, 3.63) is 71.4 Å². The topological polar surface area (TPSA) is 102 Å². The van der Waals surface area contributed by atoms with Crippen LogP contribution in [0.3, 0.4) is 0 Å². The molecule has 0 aliphatic carbocycles. The van der Waals surface area contributed by atoms with E-state index in [9.17, 15) is 13.2 Å². The van der Waals surface area contributed by atoms with Crippen LogP contribution in [-0.4, -0.2) is 14.3 Å². The van der Waals surface area contributed by atoms with Gasteiger partial charge in [0.05, 0.1) is 4.90 Å². The Balaban J connectivity index is 1.80. The van der Waals surface area contributed by atoms with E-state index in [1.807, 2.05) is 0 Å². The number of amides is 1. The van der Waals surface area contributed by atoms with Gasteiger partial charge in [-0.3, -0.25) is 4.79 Å². The third-order valence-corrected chi connectivity index (χ3v) is 4.54. The van der Waals surface area contributed by atoms with Gasteiger partial charge in [-0.2, -0.15) is 0 Å². The minimum atomic E-state index is -3.85. The summed E-state index contributed by atoms with van der Waals surface area (Å²) < 4.78 is 28.3. The van der Waals surface area contributed by atoms with Crippen LogP contribution < -0.4 is 10.5 Å². The molecule has 128 valence electrons. The second kappa shape index (κ2) is 6.72. The molecular weight excluding hydrogens is 364 g/mol. The number of rotatable bonds is 4. The number of anilines is 1. The number of nitrogens with two attached hydrogens (primary N) is 1. The SMILES string of the molecule is NS(=O)(=O)c1cccc(NC(=O)c2ccc(-c3ccc(Cl)cc3)o2)c1. The van der Waals surface area contributed by atoms with Crippen molar-refractivity contribution in [3.63, 3.8) is 0 Å². The Morgan fingerprint density at radius 1 is 1.04 bits per heavy atom. The van der Waals surface area contributed by atoms with Gasteiger partial charge in [0.2, 0.25) is 10.0 Å². The van der Waals surface area contributed by atoms with Gasteiger partial charge in [-0.25, -0.2) is 13.6 Å². The van der Waals surface area contributed by atoms with Crippen molar-refractivity contribution in [1.29, 1.82) is 0 Å². The molecule has 3 aromatic rings. The van der Waals surface area contributed by atoms with Crippen molar-refractivity contribution in [1.82, 2.24) is 0 Å². The first-order chi connectivity index (χ1) is 11.8. The van der Waals surface area contributed by atoms with Crippen LogP contribution in [0.5, 0.6) is 0 Å². The van der Waals surface area contributed by atoms with Gasteiger partial charge in [-0.05, 0) is 54.6 Å². The summed E-state index contributed by atoms with van der Waals surface area (Å²) in [7, 11) is -3.85. The Labute approximate surface area is 149 Å². The second-order valence-electron chi connectivity index (χ2n) is 5.20. The first kappa shape index (κ1) is 17.2. The van der Waals surface area contributed by atoms with Gasteiger partial charge in [-0.15, -0.1) is 0 Å². The summed E-state index contributed by atoms with van der Waals surface area (Å²) in [6.45, 7) is 0. The van der Waals surface area contributed by atoms with Gasteiger partial charge >= 0.3 is 0 Å². The van der Waals surface area contributed by atoms with E-state index in [0.717, 1.165) is 5.56 Å². The molecule has 8 heteroatoms. The molecule has 0 saturated carbocycles. The first-order valence-corrected chi connectivity index (χ1v) is 9.05. The zero-order valence-electron chi connectivity index (χ0n) is 12.8. The van der Waals surface area contributed by atoms with Crippen LogP contribution >= 0.6 is 11.6 Å². The van der Waals surface area contributed by atoms with Crippen LogP contribution in [0.2, 0.25) is 5.02 Å². The van der Waals surface area contributed by atoms with Gasteiger partial charge in [0.25, 0.3) is 5.91 Å². The lowest BCUT2D eigenvalue weighted by Gasteiger charge is -2.05. The van der Waals surface area contributed by atoms with Gasteiger partial charge < -0.3 is 9.73 Å². The Morgan fingerprint density at radius 2 is 1.76 bits per heavy atom. The molecule has 0 bridgehead atoms. The fourth-order valence-electron chi connectivity index (χ4n) is 2.17. The summed E-state index contributed by atoms with van der Waals surface area (Å²) in [6, 6.07) is 15.8. The number of halogens is 1. The zero-order chi connectivity index (χ0) is 18.0. The highest BCUT2D eigenvalue weighted by atomic mass is 35.5. The maximum absolute atomic E-state index is 12.3. The van der Waals surface area contributed by atoms with Crippen LogP contribution in [0, 0.1) is 0 Å². The van der Waals surface area contributed by atoms with Gasteiger partial charge in [-0.1, -0.05) is 17.7 Å². The summed E-state index contributed by atoms with van der Waals surface area (Å²) in [5.74, 6) is 0.0952. The molecule has 3 N–H and O–H groups in total. The van der Waals surface area contributed by atoms with Crippen molar-refractivity contribution >= 4 is 33.2 Å². The van der Waals surface area contributed by atoms with Gasteiger partial charge in [0.1, 0.15) is 5.76 Å². The monoisotopic (exact) mass is 376 g/mol. The second-order valence-corrected chi connectivity index (χ2v) is 7.20. The highest BCUT2D eigenvalue weighted by molar-refractivity contribution is 7.89. The van der Waals surface area contributed by atoms with Gasteiger partial charge in [0, 0.05) is 16.3 Å². The summed E-state index contributed by atoms with van der Waals surface area (Å²) in [6.07, 6.45) is 0. The highest BCUT2D eigenvalue weighted by Crippen LogP contribution is 2.24. The minimum Gasteiger partial charge on any atom is -0.451 e. The van der Waals surface area contributed by atoms with E-state index in [2.05, 4.69) is 5.32 Å². The quantitative estimate of drug-likeness (QED) is 0.727. The molecule has 0 atom stereocenters. The smallest absolute Gasteiger partial charge is 0.291 e. The maximum Gasteiger partial charge on any atom is 0.291 e. The van der Waals surface area contributed by atoms with E-state index >= 15 is 0 Å². The van der Waals surface area contributed by atoms with E-state index < -0.39 is 15.9 Å². The van der Waals surface area contributed by atoms with Crippen LogP contribution in [0.4, 0.5) is 5.69 Å². The van der Waals surface area contributed by atoms with Crippen LogP contribution in [-0.2, 0) is 10.0 Å². The third-order valence-electron chi connectivity index (χ3n) is 3.38. The summed E-state index contributed by atoms with van der Waals surface area (Å²) in [5.41, 5.74) is 1.07. The Hall–Kier alpha value is -2.61. The molecule has 6 nitrogen and oxygen atoms in total. The molecule has 0 fully saturated rings. The molecule has 0 spiro atoms. The van der Waals surface area contributed by atoms with E-state index in [-0.39, 0.29) is 10.7 Å². The number of primary sulfonamides is 1. The molecule has 3 rings (SSSR count). The number of hydrogen-bond donors (Lipinski definition) is 2. The lowest BCUT2D eigenvalue weighted by molar-refractivity contribution is 0.0997. The van der Waals surface area contributed by atoms with Crippen LogP contribution in [0.1, 0.15) is 10.6 Å². The number of carbonyl (C=O) groups is 1.